The van der Waals surface area contributed by atoms with Crippen LogP contribution in [0.2, 0.25) is 0 Å². The number of benzene rings is 1. The van der Waals surface area contributed by atoms with Gasteiger partial charge in [-0.25, -0.2) is 0 Å². The number of amides is 2. The van der Waals surface area contributed by atoms with E-state index in [1.807, 2.05) is 25.1 Å². The van der Waals surface area contributed by atoms with Crippen molar-refractivity contribution >= 4 is 17.5 Å². The fourth-order valence-electron chi connectivity index (χ4n) is 4.07. The van der Waals surface area contributed by atoms with Crippen molar-refractivity contribution in [2.45, 2.75) is 26.2 Å². The number of anilines is 1. The number of piperidine rings is 1. The number of pyridine rings is 1. The van der Waals surface area contributed by atoms with Gasteiger partial charge in [-0.05, 0) is 62.4 Å². The van der Waals surface area contributed by atoms with Crippen molar-refractivity contribution in [3.63, 3.8) is 0 Å². The van der Waals surface area contributed by atoms with Gasteiger partial charge in [-0.1, -0.05) is 6.07 Å². The van der Waals surface area contributed by atoms with E-state index < -0.39 is 0 Å². The Hall–Kier alpha value is -2.93. The minimum Gasteiger partial charge on any atom is -0.457 e. The molecule has 1 spiro atoms. The number of nitrogens with zero attached hydrogens (tertiary/aromatic N) is 1. The number of aryl methyl sites for hydroxylation is 1. The molecular formula is C22H26N4O3. The van der Waals surface area contributed by atoms with Crippen molar-refractivity contribution in [3.05, 3.63) is 47.8 Å². The molecule has 1 aromatic heterocycles. The number of aromatic nitrogens is 1. The topological polar surface area (TPSA) is 92.4 Å². The summed E-state index contributed by atoms with van der Waals surface area (Å²) in [6.45, 7) is 3.93. The van der Waals surface area contributed by atoms with Crippen molar-refractivity contribution in [1.29, 1.82) is 0 Å². The second-order valence-corrected chi connectivity index (χ2v) is 7.90. The first-order chi connectivity index (χ1) is 14.0. The van der Waals surface area contributed by atoms with Gasteiger partial charge in [0, 0.05) is 37.0 Å². The van der Waals surface area contributed by atoms with Crippen LogP contribution in [0, 0.1) is 18.3 Å². The van der Waals surface area contributed by atoms with E-state index in [1.165, 1.54) is 6.20 Å². The van der Waals surface area contributed by atoms with Gasteiger partial charge in [-0.3, -0.25) is 14.6 Å². The molecule has 152 valence electrons. The quantitative estimate of drug-likeness (QED) is 0.725. The van der Waals surface area contributed by atoms with Crippen molar-refractivity contribution in [1.82, 2.24) is 15.6 Å². The zero-order valence-electron chi connectivity index (χ0n) is 16.7. The lowest BCUT2D eigenvalue weighted by Crippen LogP contribution is -2.31. The third-order valence-corrected chi connectivity index (χ3v) is 5.98. The summed E-state index contributed by atoms with van der Waals surface area (Å²) >= 11 is 0. The van der Waals surface area contributed by atoms with Crippen molar-refractivity contribution in [3.8, 4) is 11.5 Å². The minimum atomic E-state index is -0.274. The number of hydrogen-bond acceptors (Lipinski definition) is 5. The Labute approximate surface area is 170 Å². The number of carbonyl (C=O) groups excluding carboxylic acids is 2. The molecule has 1 atom stereocenters. The molecule has 3 N–H and O–H groups in total. The van der Waals surface area contributed by atoms with E-state index in [9.17, 15) is 9.59 Å². The van der Waals surface area contributed by atoms with Crippen LogP contribution < -0.4 is 20.7 Å². The fraction of sp³-hybridized carbons (Fsp3) is 0.409. The van der Waals surface area contributed by atoms with E-state index in [0.29, 0.717) is 17.2 Å². The number of nitrogens with one attached hydrogen (secondary N) is 3. The third kappa shape index (κ3) is 4.10. The van der Waals surface area contributed by atoms with E-state index >= 15 is 0 Å². The summed E-state index contributed by atoms with van der Waals surface area (Å²) in [5.74, 6) is 1.06. The molecule has 2 amide bonds. The smallest absolute Gasteiger partial charge is 0.269 e. The molecule has 7 heteroatoms. The molecule has 0 radical (unpaired) electrons. The molecule has 2 fully saturated rings. The lowest BCUT2D eigenvalue weighted by atomic mass is 9.92. The Morgan fingerprint density at radius 1 is 1.21 bits per heavy atom. The molecule has 2 aliphatic rings. The molecule has 1 saturated heterocycles. The molecule has 1 aliphatic carbocycles. The number of ether oxygens (including phenoxy) is 1. The summed E-state index contributed by atoms with van der Waals surface area (Å²) in [4.78, 5) is 28.6. The van der Waals surface area contributed by atoms with E-state index in [0.717, 1.165) is 37.9 Å². The highest BCUT2D eigenvalue weighted by Gasteiger charge is 2.57. The van der Waals surface area contributed by atoms with E-state index in [4.69, 9.17) is 4.74 Å². The van der Waals surface area contributed by atoms with Gasteiger partial charge >= 0.3 is 0 Å². The number of carbonyl (C=O) groups is 2. The van der Waals surface area contributed by atoms with Crippen LogP contribution in [-0.4, -0.2) is 36.9 Å². The average molecular weight is 394 g/mol. The fourth-order valence-corrected chi connectivity index (χ4v) is 4.07. The number of hydrogen-bond donors (Lipinski definition) is 3. The molecule has 2 aromatic rings. The zero-order chi connectivity index (χ0) is 20.4. The summed E-state index contributed by atoms with van der Waals surface area (Å²) in [5.41, 5.74) is 2.13. The predicted octanol–water partition coefficient (Wildman–Crippen LogP) is 2.87. The van der Waals surface area contributed by atoms with Crippen LogP contribution in [0.5, 0.6) is 11.5 Å². The maximum absolute atomic E-state index is 12.7. The molecule has 1 unspecified atom stereocenters. The summed E-state index contributed by atoms with van der Waals surface area (Å²) in [7, 11) is 1.56. The Morgan fingerprint density at radius 3 is 2.76 bits per heavy atom. The first-order valence-corrected chi connectivity index (χ1v) is 9.99. The third-order valence-electron chi connectivity index (χ3n) is 5.98. The predicted molar refractivity (Wildman–Crippen MR) is 110 cm³/mol. The van der Waals surface area contributed by atoms with Gasteiger partial charge in [0.05, 0.1) is 0 Å². The SMILES string of the molecule is CNC(=O)c1cc(Oc2cc(NC(=O)C3CC34CCNCC4)ccc2C)ccn1. The van der Waals surface area contributed by atoms with Crippen LogP contribution in [0.15, 0.2) is 36.5 Å². The molecular weight excluding hydrogens is 368 g/mol. The largest absolute Gasteiger partial charge is 0.457 e. The van der Waals surface area contributed by atoms with Gasteiger partial charge in [0.1, 0.15) is 17.2 Å². The highest BCUT2D eigenvalue weighted by molar-refractivity contribution is 5.95. The van der Waals surface area contributed by atoms with Crippen molar-refractivity contribution in [2.24, 2.45) is 11.3 Å². The molecule has 1 saturated carbocycles. The molecule has 0 bridgehead atoms. The molecule has 2 heterocycles. The van der Waals surface area contributed by atoms with E-state index in [2.05, 4.69) is 20.9 Å². The van der Waals surface area contributed by atoms with Crippen LogP contribution in [0.4, 0.5) is 5.69 Å². The lowest BCUT2D eigenvalue weighted by molar-refractivity contribution is -0.118. The van der Waals surface area contributed by atoms with E-state index in [-0.39, 0.29) is 28.8 Å². The normalized spacial score (nSPS) is 19.4. The minimum absolute atomic E-state index is 0.0903. The highest BCUT2D eigenvalue weighted by Crippen LogP contribution is 2.58. The van der Waals surface area contributed by atoms with Crippen LogP contribution in [0.3, 0.4) is 0 Å². The number of rotatable bonds is 5. The van der Waals surface area contributed by atoms with Crippen molar-refractivity contribution in [2.75, 3.05) is 25.5 Å². The van der Waals surface area contributed by atoms with Crippen LogP contribution in [0.25, 0.3) is 0 Å². The Bertz CT molecular complexity index is 937. The second kappa shape index (κ2) is 7.83. The van der Waals surface area contributed by atoms with Crippen LogP contribution in [-0.2, 0) is 4.79 Å². The second-order valence-electron chi connectivity index (χ2n) is 7.90. The Balaban J connectivity index is 1.45. The summed E-state index contributed by atoms with van der Waals surface area (Å²) < 4.78 is 5.97. The van der Waals surface area contributed by atoms with Gasteiger partial charge in [0.2, 0.25) is 5.91 Å². The average Bonchev–Trinajstić information content (AvgIpc) is 3.43. The summed E-state index contributed by atoms with van der Waals surface area (Å²) in [6.07, 6.45) is 4.66. The molecule has 29 heavy (non-hydrogen) atoms. The first-order valence-electron chi connectivity index (χ1n) is 9.99. The van der Waals surface area contributed by atoms with Gasteiger partial charge in [0.15, 0.2) is 0 Å². The molecule has 4 rings (SSSR count). The lowest BCUT2D eigenvalue weighted by Gasteiger charge is -2.23. The molecule has 7 nitrogen and oxygen atoms in total. The van der Waals surface area contributed by atoms with Gasteiger partial charge in [0.25, 0.3) is 5.91 Å². The zero-order valence-corrected chi connectivity index (χ0v) is 16.7. The molecule has 1 aliphatic heterocycles. The van der Waals surface area contributed by atoms with Crippen LogP contribution in [0.1, 0.15) is 35.3 Å². The van der Waals surface area contributed by atoms with Gasteiger partial charge < -0.3 is 20.7 Å². The monoisotopic (exact) mass is 394 g/mol. The Morgan fingerprint density at radius 2 is 2.00 bits per heavy atom. The van der Waals surface area contributed by atoms with Gasteiger partial charge in [-0.2, -0.15) is 0 Å². The first kappa shape index (κ1) is 19.4. The van der Waals surface area contributed by atoms with Crippen LogP contribution >= 0.6 is 0 Å². The summed E-state index contributed by atoms with van der Waals surface area (Å²) in [6, 6.07) is 8.92. The highest BCUT2D eigenvalue weighted by atomic mass is 16.5. The standard InChI is InChI=1S/C22H26N4O3/c1-14-3-4-15(26-20(27)17-13-22(17)6-9-24-10-7-22)11-19(14)29-16-5-8-25-18(12-16)21(28)23-2/h3-5,8,11-12,17,24H,6-7,9-10,13H2,1-2H3,(H,23,28)(H,26,27). The molecule has 1 aromatic carbocycles. The maximum Gasteiger partial charge on any atom is 0.269 e. The maximum atomic E-state index is 12.7. The van der Waals surface area contributed by atoms with Crippen molar-refractivity contribution < 1.29 is 14.3 Å². The Kier molecular flexibility index (Phi) is 5.24. The van der Waals surface area contributed by atoms with E-state index in [1.54, 1.807) is 19.2 Å². The summed E-state index contributed by atoms with van der Waals surface area (Å²) in [5, 5.41) is 8.96. The van der Waals surface area contributed by atoms with Gasteiger partial charge in [-0.15, -0.1) is 0 Å².